The summed E-state index contributed by atoms with van der Waals surface area (Å²) >= 11 is 0. The van der Waals surface area contributed by atoms with Crippen molar-refractivity contribution < 1.29 is 4.74 Å². The minimum Gasteiger partial charge on any atom is -0.377 e. The van der Waals surface area contributed by atoms with E-state index in [0.29, 0.717) is 6.61 Å². The van der Waals surface area contributed by atoms with E-state index in [-0.39, 0.29) is 0 Å². The van der Waals surface area contributed by atoms with Crippen molar-refractivity contribution in [3.8, 4) is 0 Å². The van der Waals surface area contributed by atoms with E-state index in [2.05, 4.69) is 71.6 Å². The van der Waals surface area contributed by atoms with Crippen LogP contribution in [-0.4, -0.2) is 37.7 Å². The summed E-state index contributed by atoms with van der Waals surface area (Å²) in [6.07, 6.45) is 9.25. The number of benzene rings is 2. The summed E-state index contributed by atoms with van der Waals surface area (Å²) in [5.41, 5.74) is 2.69. The summed E-state index contributed by atoms with van der Waals surface area (Å²) < 4.78 is 5.86. The second kappa shape index (κ2) is 10.9. The summed E-state index contributed by atoms with van der Waals surface area (Å²) in [7, 11) is 0. The van der Waals surface area contributed by atoms with Crippen molar-refractivity contribution >= 4 is 6.08 Å². The van der Waals surface area contributed by atoms with Crippen LogP contribution in [0.4, 0.5) is 0 Å². The summed E-state index contributed by atoms with van der Waals surface area (Å²) in [5, 5.41) is 0. The molecule has 0 aliphatic carbocycles. The molecule has 3 rings (SSSR count). The van der Waals surface area contributed by atoms with Crippen molar-refractivity contribution in [3.05, 3.63) is 77.9 Å². The zero-order chi connectivity index (χ0) is 17.9. The zero-order valence-corrected chi connectivity index (χ0v) is 15.7. The van der Waals surface area contributed by atoms with Crippen LogP contribution in [0.3, 0.4) is 0 Å². The molecular formula is C24H31NO. The molecule has 138 valence electrons. The molecule has 1 aliphatic rings. The van der Waals surface area contributed by atoms with Gasteiger partial charge in [-0.3, -0.25) is 0 Å². The molecule has 2 aromatic carbocycles. The molecule has 0 amide bonds. The van der Waals surface area contributed by atoms with E-state index in [0.717, 1.165) is 12.5 Å². The van der Waals surface area contributed by atoms with Gasteiger partial charge in [-0.1, -0.05) is 72.8 Å². The largest absolute Gasteiger partial charge is 0.377 e. The van der Waals surface area contributed by atoms with Gasteiger partial charge in [-0.15, -0.1) is 0 Å². The van der Waals surface area contributed by atoms with Gasteiger partial charge in [0, 0.05) is 6.61 Å². The molecule has 0 radical (unpaired) electrons. The average Bonchev–Trinajstić information content (AvgIpc) is 2.70. The van der Waals surface area contributed by atoms with Gasteiger partial charge in [-0.05, 0) is 62.4 Å². The Morgan fingerprint density at radius 3 is 2.35 bits per heavy atom. The maximum atomic E-state index is 5.86. The lowest BCUT2D eigenvalue weighted by Crippen LogP contribution is -2.35. The number of aryl methyl sites for hydroxylation is 1. The Hall–Kier alpha value is -1.90. The number of piperidine rings is 1. The molecule has 26 heavy (non-hydrogen) atoms. The standard InChI is InChI=1S/C24H31NO/c1-3-9-22(10-4-1)13-7-17-25-18-15-24(16-19-25)21-26-20-8-14-23-11-5-2-6-12-23/h1-6,8-12,14,24H,7,13,15-21H2/b14-8+. The molecule has 0 saturated carbocycles. The van der Waals surface area contributed by atoms with Gasteiger partial charge in [0.15, 0.2) is 0 Å². The first-order valence-corrected chi connectivity index (χ1v) is 9.96. The van der Waals surface area contributed by atoms with Crippen LogP contribution in [0.15, 0.2) is 66.7 Å². The fourth-order valence-corrected chi connectivity index (χ4v) is 3.58. The molecular weight excluding hydrogens is 318 g/mol. The van der Waals surface area contributed by atoms with Crippen LogP contribution in [0, 0.1) is 5.92 Å². The van der Waals surface area contributed by atoms with Crippen LogP contribution in [0.5, 0.6) is 0 Å². The van der Waals surface area contributed by atoms with Gasteiger partial charge >= 0.3 is 0 Å². The molecule has 2 nitrogen and oxygen atoms in total. The van der Waals surface area contributed by atoms with E-state index < -0.39 is 0 Å². The highest BCUT2D eigenvalue weighted by molar-refractivity contribution is 5.48. The van der Waals surface area contributed by atoms with Crippen LogP contribution in [0.2, 0.25) is 0 Å². The Balaban J connectivity index is 1.24. The Kier molecular flexibility index (Phi) is 7.95. The number of ether oxygens (including phenoxy) is 1. The number of rotatable bonds is 9. The zero-order valence-electron chi connectivity index (χ0n) is 15.7. The second-order valence-electron chi connectivity index (χ2n) is 7.22. The van der Waals surface area contributed by atoms with E-state index in [1.165, 1.54) is 56.4 Å². The molecule has 0 spiro atoms. The Morgan fingerprint density at radius 2 is 1.62 bits per heavy atom. The van der Waals surface area contributed by atoms with E-state index in [9.17, 15) is 0 Å². The Bertz CT molecular complexity index is 630. The van der Waals surface area contributed by atoms with E-state index in [1.54, 1.807) is 0 Å². The second-order valence-corrected chi connectivity index (χ2v) is 7.22. The first-order chi connectivity index (χ1) is 12.9. The third-order valence-electron chi connectivity index (χ3n) is 5.17. The van der Waals surface area contributed by atoms with Crippen LogP contribution in [0.1, 0.15) is 30.4 Å². The molecule has 2 aromatic rings. The molecule has 0 unspecified atom stereocenters. The summed E-state index contributed by atoms with van der Waals surface area (Å²) in [6.45, 7) is 5.29. The Morgan fingerprint density at radius 1 is 0.923 bits per heavy atom. The first kappa shape index (κ1) is 18.9. The molecule has 0 atom stereocenters. The molecule has 1 heterocycles. The summed E-state index contributed by atoms with van der Waals surface area (Å²) in [6, 6.07) is 21.2. The van der Waals surface area contributed by atoms with E-state index >= 15 is 0 Å². The smallest absolute Gasteiger partial charge is 0.0650 e. The predicted octanol–water partition coefficient (Wildman–Crippen LogP) is 5.06. The lowest BCUT2D eigenvalue weighted by molar-refractivity contribution is 0.0819. The minimum atomic E-state index is 0.714. The minimum absolute atomic E-state index is 0.714. The van der Waals surface area contributed by atoms with Gasteiger partial charge in [-0.25, -0.2) is 0 Å². The molecule has 1 saturated heterocycles. The van der Waals surface area contributed by atoms with Crippen molar-refractivity contribution in [3.63, 3.8) is 0 Å². The van der Waals surface area contributed by atoms with Crippen molar-refractivity contribution in [1.82, 2.24) is 4.90 Å². The van der Waals surface area contributed by atoms with Gasteiger partial charge in [0.25, 0.3) is 0 Å². The fraction of sp³-hybridized carbons (Fsp3) is 0.417. The van der Waals surface area contributed by atoms with Crippen LogP contribution in [-0.2, 0) is 11.2 Å². The van der Waals surface area contributed by atoms with E-state index in [4.69, 9.17) is 4.74 Å². The monoisotopic (exact) mass is 349 g/mol. The van der Waals surface area contributed by atoms with Gasteiger partial charge < -0.3 is 9.64 Å². The summed E-state index contributed by atoms with van der Waals surface area (Å²) in [5.74, 6) is 0.727. The van der Waals surface area contributed by atoms with Crippen LogP contribution >= 0.6 is 0 Å². The van der Waals surface area contributed by atoms with Crippen molar-refractivity contribution in [2.24, 2.45) is 5.92 Å². The molecule has 1 aliphatic heterocycles. The number of likely N-dealkylation sites (tertiary alicyclic amines) is 1. The third-order valence-corrected chi connectivity index (χ3v) is 5.17. The molecule has 0 bridgehead atoms. The molecule has 0 N–H and O–H groups in total. The normalized spacial score (nSPS) is 16.3. The number of hydrogen-bond donors (Lipinski definition) is 0. The predicted molar refractivity (Wildman–Crippen MR) is 110 cm³/mol. The lowest BCUT2D eigenvalue weighted by atomic mass is 9.97. The van der Waals surface area contributed by atoms with Crippen molar-refractivity contribution in [2.45, 2.75) is 25.7 Å². The third kappa shape index (κ3) is 6.78. The first-order valence-electron chi connectivity index (χ1n) is 9.96. The lowest BCUT2D eigenvalue weighted by Gasteiger charge is -2.31. The van der Waals surface area contributed by atoms with Gasteiger partial charge in [-0.2, -0.15) is 0 Å². The maximum Gasteiger partial charge on any atom is 0.0650 e. The fourth-order valence-electron chi connectivity index (χ4n) is 3.58. The van der Waals surface area contributed by atoms with E-state index in [1.807, 2.05) is 6.07 Å². The average molecular weight is 350 g/mol. The highest BCUT2D eigenvalue weighted by Crippen LogP contribution is 2.18. The number of nitrogens with zero attached hydrogens (tertiary/aromatic N) is 1. The Labute approximate surface area is 158 Å². The SMILES string of the molecule is C(=C\c1ccccc1)/COCC1CCN(CCCc2ccccc2)CC1. The van der Waals surface area contributed by atoms with Gasteiger partial charge in [0.2, 0.25) is 0 Å². The van der Waals surface area contributed by atoms with Gasteiger partial charge in [0.05, 0.1) is 6.61 Å². The van der Waals surface area contributed by atoms with Crippen molar-refractivity contribution in [2.75, 3.05) is 32.8 Å². The van der Waals surface area contributed by atoms with Crippen LogP contribution in [0.25, 0.3) is 6.08 Å². The van der Waals surface area contributed by atoms with Crippen molar-refractivity contribution in [1.29, 1.82) is 0 Å². The highest BCUT2D eigenvalue weighted by atomic mass is 16.5. The topological polar surface area (TPSA) is 12.5 Å². The molecule has 2 heteroatoms. The highest BCUT2D eigenvalue weighted by Gasteiger charge is 2.18. The quantitative estimate of drug-likeness (QED) is 0.587. The number of hydrogen-bond acceptors (Lipinski definition) is 2. The summed E-state index contributed by atoms with van der Waals surface area (Å²) in [4.78, 5) is 2.62. The molecule has 0 aromatic heterocycles. The maximum absolute atomic E-state index is 5.86. The molecule has 1 fully saturated rings. The van der Waals surface area contributed by atoms with Crippen LogP contribution < -0.4 is 0 Å². The van der Waals surface area contributed by atoms with Gasteiger partial charge in [0.1, 0.15) is 0 Å².